The van der Waals surface area contributed by atoms with Crippen LogP contribution in [0.15, 0.2) is 0 Å². The molecular formula is C13H26O5. The summed E-state index contributed by atoms with van der Waals surface area (Å²) in [6.45, 7) is -2.02. The molecule has 0 aliphatic heterocycles. The fraction of sp³-hybridized carbons (Fsp3) is 1.00. The van der Waals surface area contributed by atoms with Crippen LogP contribution < -0.4 is 0 Å². The molecule has 5 N–H and O–H groups in total. The zero-order valence-corrected chi connectivity index (χ0v) is 10.9. The Balaban J connectivity index is 3.09. The maximum atomic E-state index is 9.76. The van der Waals surface area contributed by atoms with Gasteiger partial charge in [-0.25, -0.2) is 0 Å². The van der Waals surface area contributed by atoms with Gasteiger partial charge in [-0.1, -0.05) is 19.3 Å². The van der Waals surface area contributed by atoms with Gasteiger partial charge in [-0.05, 0) is 18.8 Å². The number of aliphatic hydroxyl groups excluding tert-OH is 5. The Morgan fingerprint density at radius 3 is 1.44 bits per heavy atom. The van der Waals surface area contributed by atoms with E-state index >= 15 is 0 Å². The van der Waals surface area contributed by atoms with Crippen LogP contribution in [0.3, 0.4) is 0 Å². The molecule has 0 saturated heterocycles. The molecule has 5 nitrogen and oxygen atoms in total. The molecule has 0 spiro atoms. The van der Waals surface area contributed by atoms with Gasteiger partial charge in [0.25, 0.3) is 0 Å². The molecule has 1 aliphatic rings. The van der Waals surface area contributed by atoms with Gasteiger partial charge >= 0.3 is 0 Å². The van der Waals surface area contributed by atoms with Gasteiger partial charge in [-0.3, -0.25) is 0 Å². The molecule has 0 bridgehead atoms. The van der Waals surface area contributed by atoms with E-state index < -0.39 is 30.7 Å². The van der Waals surface area contributed by atoms with E-state index in [1.165, 1.54) is 0 Å². The summed E-state index contributed by atoms with van der Waals surface area (Å²) in [4.78, 5) is 0. The summed E-state index contributed by atoms with van der Waals surface area (Å²) in [5.74, 6) is 0.0210. The summed E-state index contributed by atoms with van der Waals surface area (Å²) in [7, 11) is 0. The Hall–Kier alpha value is -0.200. The van der Waals surface area contributed by atoms with Crippen LogP contribution in [0.2, 0.25) is 0 Å². The van der Waals surface area contributed by atoms with Gasteiger partial charge in [-0.2, -0.15) is 0 Å². The number of hydrogen-bond donors (Lipinski definition) is 5. The second-order valence-electron chi connectivity index (χ2n) is 5.56. The predicted octanol–water partition coefficient (Wildman–Crippen LogP) is -0.499. The maximum Gasteiger partial charge on any atom is 0.0538 e. The fourth-order valence-electron chi connectivity index (χ4n) is 3.35. The van der Waals surface area contributed by atoms with Gasteiger partial charge < -0.3 is 25.5 Å². The molecule has 0 heterocycles. The lowest BCUT2D eigenvalue weighted by Crippen LogP contribution is -2.58. The summed E-state index contributed by atoms with van der Waals surface area (Å²) < 4.78 is 0. The molecule has 0 radical (unpaired) electrons. The molecule has 1 saturated carbocycles. The predicted molar refractivity (Wildman–Crippen MR) is 66.9 cm³/mol. The monoisotopic (exact) mass is 262 g/mol. The number of rotatable bonds is 7. The quantitative estimate of drug-likeness (QED) is 0.426. The minimum Gasteiger partial charge on any atom is -0.396 e. The van der Waals surface area contributed by atoms with Crippen LogP contribution in [-0.4, -0.2) is 58.6 Å². The standard InChI is InChI=1S/C13H26O5/c14-6-12(7-15,8-16)13(9-17,10-18)11-4-2-1-3-5-11/h11,14-18H,1-10H2. The smallest absolute Gasteiger partial charge is 0.0538 e. The summed E-state index contributed by atoms with van der Waals surface area (Å²) in [6.07, 6.45) is 4.87. The summed E-state index contributed by atoms with van der Waals surface area (Å²) >= 11 is 0. The normalized spacial score (nSPS) is 19.2. The summed E-state index contributed by atoms with van der Waals surface area (Å²) in [6, 6.07) is 0. The van der Waals surface area contributed by atoms with E-state index in [1.54, 1.807) is 0 Å². The Morgan fingerprint density at radius 2 is 1.11 bits per heavy atom. The van der Waals surface area contributed by atoms with Crippen molar-refractivity contribution in [2.24, 2.45) is 16.7 Å². The van der Waals surface area contributed by atoms with Crippen LogP contribution >= 0.6 is 0 Å². The van der Waals surface area contributed by atoms with Crippen molar-refractivity contribution in [3.05, 3.63) is 0 Å². The highest BCUT2D eigenvalue weighted by Crippen LogP contribution is 2.49. The average Bonchev–Trinajstić information content (AvgIpc) is 2.46. The van der Waals surface area contributed by atoms with Gasteiger partial charge in [0.2, 0.25) is 0 Å². The Bertz CT molecular complexity index is 221. The first-order valence-electron chi connectivity index (χ1n) is 6.70. The van der Waals surface area contributed by atoms with Crippen molar-refractivity contribution in [2.45, 2.75) is 32.1 Å². The molecule has 0 aromatic heterocycles. The second-order valence-corrected chi connectivity index (χ2v) is 5.56. The first kappa shape index (κ1) is 15.9. The van der Waals surface area contributed by atoms with Gasteiger partial charge in [-0.15, -0.1) is 0 Å². The highest BCUT2D eigenvalue weighted by atomic mass is 16.3. The molecule has 0 aromatic rings. The van der Waals surface area contributed by atoms with Gasteiger partial charge in [0, 0.05) is 10.8 Å². The van der Waals surface area contributed by atoms with E-state index in [-0.39, 0.29) is 19.1 Å². The molecule has 0 aromatic carbocycles. The van der Waals surface area contributed by atoms with Gasteiger partial charge in [0.1, 0.15) is 0 Å². The third kappa shape index (κ3) is 2.42. The van der Waals surface area contributed by atoms with Crippen molar-refractivity contribution in [3.8, 4) is 0 Å². The van der Waals surface area contributed by atoms with Crippen molar-refractivity contribution in [1.29, 1.82) is 0 Å². The molecule has 1 fully saturated rings. The first-order valence-corrected chi connectivity index (χ1v) is 6.70. The zero-order chi connectivity index (χ0) is 13.6. The minimum atomic E-state index is -1.24. The molecule has 1 rings (SSSR count). The highest BCUT2D eigenvalue weighted by molar-refractivity contribution is 5.01. The van der Waals surface area contributed by atoms with Crippen molar-refractivity contribution in [3.63, 3.8) is 0 Å². The number of aliphatic hydroxyl groups is 5. The van der Waals surface area contributed by atoms with Crippen molar-refractivity contribution in [2.75, 3.05) is 33.0 Å². The lowest BCUT2D eigenvalue weighted by molar-refractivity contribution is -0.169. The molecule has 1 aliphatic carbocycles. The molecule has 18 heavy (non-hydrogen) atoms. The van der Waals surface area contributed by atoms with E-state index in [1.807, 2.05) is 0 Å². The molecule has 0 atom stereocenters. The van der Waals surface area contributed by atoms with E-state index in [0.29, 0.717) is 0 Å². The van der Waals surface area contributed by atoms with E-state index in [2.05, 4.69) is 0 Å². The van der Waals surface area contributed by atoms with Crippen LogP contribution in [0.5, 0.6) is 0 Å². The van der Waals surface area contributed by atoms with Gasteiger partial charge in [0.15, 0.2) is 0 Å². The molecule has 0 unspecified atom stereocenters. The van der Waals surface area contributed by atoms with Crippen LogP contribution in [-0.2, 0) is 0 Å². The molecule has 0 amide bonds. The average molecular weight is 262 g/mol. The summed E-state index contributed by atoms with van der Waals surface area (Å²) in [5.41, 5.74) is -2.26. The second kappa shape index (κ2) is 6.82. The first-order chi connectivity index (χ1) is 8.66. The zero-order valence-electron chi connectivity index (χ0n) is 10.9. The Morgan fingerprint density at radius 1 is 0.667 bits per heavy atom. The molecular weight excluding hydrogens is 236 g/mol. The van der Waals surface area contributed by atoms with Crippen LogP contribution in [0.4, 0.5) is 0 Å². The summed E-state index contributed by atoms with van der Waals surface area (Å²) in [5, 5.41) is 48.2. The third-order valence-corrected chi connectivity index (χ3v) is 4.92. The van der Waals surface area contributed by atoms with E-state index in [9.17, 15) is 25.5 Å². The lowest BCUT2D eigenvalue weighted by atomic mass is 9.55. The molecule has 5 heteroatoms. The van der Waals surface area contributed by atoms with Crippen LogP contribution in [0, 0.1) is 16.7 Å². The van der Waals surface area contributed by atoms with Crippen molar-refractivity contribution >= 4 is 0 Å². The highest BCUT2D eigenvalue weighted by Gasteiger charge is 2.54. The minimum absolute atomic E-state index is 0.0210. The van der Waals surface area contributed by atoms with Crippen molar-refractivity contribution in [1.82, 2.24) is 0 Å². The largest absolute Gasteiger partial charge is 0.396 e. The number of hydrogen-bond acceptors (Lipinski definition) is 5. The van der Waals surface area contributed by atoms with Gasteiger partial charge in [0.05, 0.1) is 33.0 Å². The lowest BCUT2D eigenvalue weighted by Gasteiger charge is -2.51. The molecule has 108 valence electrons. The Labute approximate surface area is 108 Å². The Kier molecular flexibility index (Phi) is 6.01. The third-order valence-electron chi connectivity index (χ3n) is 4.92. The topological polar surface area (TPSA) is 101 Å². The maximum absolute atomic E-state index is 9.76. The SMILES string of the molecule is OCC(CO)(CO)C(CO)(CO)C1CCCCC1. The van der Waals surface area contributed by atoms with E-state index in [0.717, 1.165) is 32.1 Å². The van der Waals surface area contributed by atoms with Crippen LogP contribution in [0.25, 0.3) is 0 Å². The van der Waals surface area contributed by atoms with Crippen LogP contribution in [0.1, 0.15) is 32.1 Å². The fourth-order valence-corrected chi connectivity index (χ4v) is 3.35. The van der Waals surface area contributed by atoms with E-state index in [4.69, 9.17) is 0 Å². The van der Waals surface area contributed by atoms with Crippen molar-refractivity contribution < 1.29 is 25.5 Å².